The maximum absolute atomic E-state index is 8.71. The highest BCUT2D eigenvalue weighted by atomic mass is 35.5. The molecule has 0 atom stereocenters. The van der Waals surface area contributed by atoms with Crippen LogP contribution < -0.4 is 9.47 Å². The standard InChI is InChI=1S/C15H20ClN3O2/c1-20-13-4-3-12(14(16)15(13)21-2)11-19-9-7-18(6-5-17)8-10-19/h3-4H,6-11H2,1-2H3. The first kappa shape index (κ1) is 15.9. The predicted molar refractivity (Wildman–Crippen MR) is 81.9 cm³/mol. The maximum Gasteiger partial charge on any atom is 0.179 e. The second-order valence-corrected chi connectivity index (χ2v) is 5.36. The highest BCUT2D eigenvalue weighted by Crippen LogP contribution is 2.37. The Morgan fingerprint density at radius 1 is 1.14 bits per heavy atom. The quantitative estimate of drug-likeness (QED) is 0.779. The molecule has 1 saturated heterocycles. The number of rotatable bonds is 5. The summed E-state index contributed by atoms with van der Waals surface area (Å²) in [5.41, 5.74) is 1.03. The van der Waals surface area contributed by atoms with E-state index in [-0.39, 0.29) is 0 Å². The molecule has 2 rings (SSSR count). The highest BCUT2D eigenvalue weighted by Gasteiger charge is 2.19. The van der Waals surface area contributed by atoms with Crippen LogP contribution in [0.25, 0.3) is 0 Å². The normalized spacial score (nSPS) is 16.5. The van der Waals surface area contributed by atoms with E-state index >= 15 is 0 Å². The van der Waals surface area contributed by atoms with E-state index in [4.69, 9.17) is 26.3 Å². The van der Waals surface area contributed by atoms with Crippen LogP contribution in [0, 0.1) is 11.3 Å². The van der Waals surface area contributed by atoms with Crippen molar-refractivity contribution in [3.63, 3.8) is 0 Å². The number of hydrogen-bond acceptors (Lipinski definition) is 5. The Hall–Kier alpha value is -1.48. The summed E-state index contributed by atoms with van der Waals surface area (Å²) in [6, 6.07) is 6.05. The number of methoxy groups -OCH3 is 2. The van der Waals surface area contributed by atoms with Crippen LogP contribution in [0.3, 0.4) is 0 Å². The molecule has 0 N–H and O–H groups in total. The van der Waals surface area contributed by atoms with Crippen LogP contribution in [-0.2, 0) is 6.54 Å². The number of halogens is 1. The minimum absolute atomic E-state index is 0.505. The number of piperazine rings is 1. The molecule has 0 radical (unpaired) electrons. The molecular formula is C15H20ClN3O2. The van der Waals surface area contributed by atoms with Crippen molar-refractivity contribution in [3.8, 4) is 17.6 Å². The SMILES string of the molecule is COc1ccc(CN2CCN(CC#N)CC2)c(Cl)c1OC. The molecule has 0 saturated carbocycles. The van der Waals surface area contributed by atoms with Gasteiger partial charge in [-0.15, -0.1) is 0 Å². The third kappa shape index (κ3) is 3.79. The highest BCUT2D eigenvalue weighted by molar-refractivity contribution is 6.33. The molecule has 114 valence electrons. The van der Waals surface area contributed by atoms with E-state index in [2.05, 4.69) is 15.9 Å². The number of nitrogens with zero attached hydrogens (tertiary/aromatic N) is 3. The van der Waals surface area contributed by atoms with Crippen molar-refractivity contribution in [1.82, 2.24) is 9.80 Å². The molecule has 0 aliphatic carbocycles. The first-order chi connectivity index (χ1) is 10.2. The second-order valence-electron chi connectivity index (χ2n) is 4.98. The number of nitriles is 1. The zero-order chi connectivity index (χ0) is 15.2. The van der Waals surface area contributed by atoms with Crippen molar-refractivity contribution >= 4 is 11.6 Å². The van der Waals surface area contributed by atoms with Crippen LogP contribution in [0.2, 0.25) is 5.02 Å². The molecule has 0 bridgehead atoms. The van der Waals surface area contributed by atoms with Crippen molar-refractivity contribution < 1.29 is 9.47 Å². The Morgan fingerprint density at radius 3 is 2.38 bits per heavy atom. The predicted octanol–water partition coefficient (Wildman–Crippen LogP) is 2.00. The summed E-state index contributed by atoms with van der Waals surface area (Å²) in [4.78, 5) is 4.49. The Balaban J connectivity index is 2.03. The number of ether oxygens (including phenoxy) is 2. The van der Waals surface area contributed by atoms with Crippen LogP contribution in [-0.4, -0.2) is 56.7 Å². The molecule has 1 aromatic carbocycles. The molecule has 21 heavy (non-hydrogen) atoms. The fourth-order valence-electron chi connectivity index (χ4n) is 2.50. The fraction of sp³-hybridized carbons (Fsp3) is 0.533. The van der Waals surface area contributed by atoms with Crippen molar-refractivity contribution in [2.45, 2.75) is 6.54 Å². The van der Waals surface area contributed by atoms with E-state index in [0.29, 0.717) is 23.1 Å². The summed E-state index contributed by atoms with van der Waals surface area (Å²) in [5, 5.41) is 9.32. The van der Waals surface area contributed by atoms with E-state index in [9.17, 15) is 0 Å². The summed E-state index contributed by atoms with van der Waals surface area (Å²) in [7, 11) is 3.19. The lowest BCUT2D eigenvalue weighted by Gasteiger charge is -2.33. The third-order valence-electron chi connectivity index (χ3n) is 3.72. The Kier molecular flexibility index (Phi) is 5.68. The largest absolute Gasteiger partial charge is 0.493 e. The molecule has 1 aliphatic heterocycles. The van der Waals surface area contributed by atoms with Gasteiger partial charge in [0.05, 0.1) is 31.9 Å². The van der Waals surface area contributed by atoms with Gasteiger partial charge in [0, 0.05) is 32.7 Å². The van der Waals surface area contributed by atoms with Gasteiger partial charge in [-0.05, 0) is 11.6 Å². The van der Waals surface area contributed by atoms with Gasteiger partial charge in [-0.3, -0.25) is 9.80 Å². The molecular weight excluding hydrogens is 290 g/mol. The first-order valence-electron chi connectivity index (χ1n) is 6.90. The van der Waals surface area contributed by atoms with E-state index in [0.717, 1.165) is 38.3 Å². The third-order valence-corrected chi connectivity index (χ3v) is 4.13. The Morgan fingerprint density at radius 2 is 1.81 bits per heavy atom. The van der Waals surface area contributed by atoms with Crippen LogP contribution in [0.15, 0.2) is 12.1 Å². The summed E-state index contributed by atoms with van der Waals surface area (Å²) in [6.45, 7) is 4.99. The lowest BCUT2D eigenvalue weighted by atomic mass is 10.1. The first-order valence-corrected chi connectivity index (χ1v) is 7.28. The molecule has 1 heterocycles. The molecule has 1 aromatic rings. The Bertz CT molecular complexity index is 522. The van der Waals surface area contributed by atoms with Gasteiger partial charge < -0.3 is 9.47 Å². The van der Waals surface area contributed by atoms with E-state index < -0.39 is 0 Å². The molecule has 1 fully saturated rings. The van der Waals surface area contributed by atoms with Crippen molar-refractivity contribution in [3.05, 3.63) is 22.7 Å². The minimum Gasteiger partial charge on any atom is -0.493 e. The maximum atomic E-state index is 8.71. The van der Waals surface area contributed by atoms with Gasteiger partial charge in [0.15, 0.2) is 11.5 Å². The van der Waals surface area contributed by atoms with Crippen molar-refractivity contribution in [2.75, 3.05) is 46.9 Å². The van der Waals surface area contributed by atoms with Crippen molar-refractivity contribution in [1.29, 1.82) is 5.26 Å². The average Bonchev–Trinajstić information content (AvgIpc) is 2.51. The van der Waals surface area contributed by atoms with Gasteiger partial charge in [0.25, 0.3) is 0 Å². The smallest absolute Gasteiger partial charge is 0.179 e. The number of benzene rings is 1. The topological polar surface area (TPSA) is 48.7 Å². The average molecular weight is 310 g/mol. The van der Waals surface area contributed by atoms with Crippen molar-refractivity contribution in [2.24, 2.45) is 0 Å². The lowest BCUT2D eigenvalue weighted by Crippen LogP contribution is -2.45. The van der Waals surface area contributed by atoms with Crippen LogP contribution in [0.1, 0.15) is 5.56 Å². The van der Waals surface area contributed by atoms with Gasteiger partial charge in [0.2, 0.25) is 0 Å². The molecule has 0 amide bonds. The zero-order valence-electron chi connectivity index (χ0n) is 12.4. The minimum atomic E-state index is 0.505. The van der Waals surface area contributed by atoms with E-state index in [1.54, 1.807) is 14.2 Å². The summed E-state index contributed by atoms with van der Waals surface area (Å²) >= 11 is 6.41. The molecule has 0 aromatic heterocycles. The van der Waals surface area contributed by atoms with E-state index in [1.165, 1.54) is 0 Å². The second kappa shape index (κ2) is 7.51. The van der Waals surface area contributed by atoms with Gasteiger partial charge in [-0.2, -0.15) is 5.26 Å². The zero-order valence-corrected chi connectivity index (χ0v) is 13.2. The Labute approximate surface area is 130 Å². The fourth-order valence-corrected chi connectivity index (χ4v) is 2.79. The van der Waals surface area contributed by atoms with Gasteiger partial charge in [-0.1, -0.05) is 17.7 Å². The van der Waals surface area contributed by atoms with Crippen LogP contribution in [0.5, 0.6) is 11.5 Å². The monoisotopic (exact) mass is 309 g/mol. The van der Waals surface area contributed by atoms with Gasteiger partial charge in [-0.25, -0.2) is 0 Å². The van der Waals surface area contributed by atoms with Crippen LogP contribution >= 0.6 is 11.6 Å². The van der Waals surface area contributed by atoms with Gasteiger partial charge in [0.1, 0.15) is 0 Å². The van der Waals surface area contributed by atoms with E-state index in [1.807, 2.05) is 12.1 Å². The summed E-state index contributed by atoms with van der Waals surface area (Å²) < 4.78 is 10.6. The van der Waals surface area contributed by atoms with Crippen LogP contribution in [0.4, 0.5) is 0 Å². The molecule has 0 spiro atoms. The molecule has 1 aliphatic rings. The summed E-state index contributed by atoms with van der Waals surface area (Å²) in [5.74, 6) is 1.23. The number of hydrogen-bond donors (Lipinski definition) is 0. The molecule has 6 heteroatoms. The molecule has 0 unspecified atom stereocenters. The molecule has 5 nitrogen and oxygen atoms in total. The summed E-state index contributed by atoms with van der Waals surface area (Å²) in [6.07, 6.45) is 0. The lowest BCUT2D eigenvalue weighted by molar-refractivity contribution is 0.138. The van der Waals surface area contributed by atoms with Gasteiger partial charge >= 0.3 is 0 Å².